The van der Waals surface area contributed by atoms with Crippen molar-refractivity contribution >= 4 is 35.8 Å². The minimum Gasteiger partial charge on any atom is -0.379 e. The number of nitrogens with one attached hydrogen (secondary N) is 2. The van der Waals surface area contributed by atoms with Crippen LogP contribution in [0.5, 0.6) is 0 Å². The van der Waals surface area contributed by atoms with Crippen molar-refractivity contribution < 1.29 is 4.74 Å². The average Bonchev–Trinajstić information content (AvgIpc) is 3.24. The molecule has 2 aliphatic heterocycles. The summed E-state index contributed by atoms with van der Waals surface area (Å²) in [6, 6.07) is 4.25. The van der Waals surface area contributed by atoms with Gasteiger partial charge in [-0.1, -0.05) is 0 Å². The summed E-state index contributed by atoms with van der Waals surface area (Å²) in [6.07, 6.45) is 4.43. The summed E-state index contributed by atoms with van der Waals surface area (Å²) in [7, 11) is 1.82. The molecule has 2 saturated heterocycles. The van der Waals surface area contributed by atoms with Gasteiger partial charge in [0.1, 0.15) is 5.82 Å². The third-order valence-electron chi connectivity index (χ3n) is 5.48. The van der Waals surface area contributed by atoms with Crippen LogP contribution in [0.15, 0.2) is 23.3 Å². The third-order valence-corrected chi connectivity index (χ3v) is 5.48. The van der Waals surface area contributed by atoms with Crippen molar-refractivity contribution in [2.24, 2.45) is 4.99 Å². The number of aromatic nitrogens is 1. The Kier molecular flexibility index (Phi) is 9.23. The average molecular weight is 502 g/mol. The molecule has 0 radical (unpaired) electrons. The highest BCUT2D eigenvalue weighted by Crippen LogP contribution is 2.18. The highest BCUT2D eigenvalue weighted by atomic mass is 127. The van der Waals surface area contributed by atoms with Gasteiger partial charge in [-0.25, -0.2) is 4.98 Å². The second kappa shape index (κ2) is 11.2. The third kappa shape index (κ3) is 6.45. The van der Waals surface area contributed by atoms with E-state index in [-0.39, 0.29) is 29.5 Å². The fourth-order valence-electron chi connectivity index (χ4n) is 3.68. The summed E-state index contributed by atoms with van der Waals surface area (Å²) >= 11 is 0. The molecule has 1 aromatic heterocycles. The largest absolute Gasteiger partial charge is 0.379 e. The van der Waals surface area contributed by atoms with Gasteiger partial charge in [0.25, 0.3) is 0 Å². The lowest BCUT2D eigenvalue weighted by atomic mass is 10.0. The molecule has 0 bridgehead atoms. The summed E-state index contributed by atoms with van der Waals surface area (Å²) in [6.45, 7) is 11.9. The lowest BCUT2D eigenvalue weighted by Gasteiger charge is -2.41. The number of hydrogen-bond donors (Lipinski definition) is 2. The van der Waals surface area contributed by atoms with Gasteiger partial charge >= 0.3 is 0 Å². The predicted octanol–water partition coefficient (Wildman–Crippen LogP) is 2.08. The molecule has 3 rings (SSSR count). The smallest absolute Gasteiger partial charge is 0.191 e. The number of aliphatic imine (C=N–C) groups is 1. The Hall–Kier alpha value is -1.13. The van der Waals surface area contributed by atoms with Crippen LogP contribution >= 0.6 is 24.0 Å². The highest BCUT2D eigenvalue weighted by Gasteiger charge is 2.28. The monoisotopic (exact) mass is 502 g/mol. The van der Waals surface area contributed by atoms with Gasteiger partial charge < -0.3 is 20.3 Å². The van der Waals surface area contributed by atoms with Crippen molar-refractivity contribution in [2.75, 3.05) is 57.9 Å². The molecule has 0 aliphatic carbocycles. The summed E-state index contributed by atoms with van der Waals surface area (Å²) in [5, 5.41) is 6.91. The van der Waals surface area contributed by atoms with E-state index >= 15 is 0 Å². The van der Waals surface area contributed by atoms with Crippen LogP contribution < -0.4 is 15.5 Å². The lowest BCUT2D eigenvalue weighted by molar-refractivity contribution is -0.00834. The first kappa shape index (κ1) is 23.2. The molecular formula is C20H35IN6O. The molecule has 2 aliphatic rings. The van der Waals surface area contributed by atoms with E-state index in [1.807, 2.05) is 13.2 Å². The maximum Gasteiger partial charge on any atom is 0.191 e. The molecule has 7 nitrogen and oxygen atoms in total. The molecule has 0 amide bonds. The minimum atomic E-state index is 0. The molecule has 8 heteroatoms. The van der Waals surface area contributed by atoms with Crippen LogP contribution in [0, 0.1) is 0 Å². The number of ether oxygens (including phenoxy) is 1. The van der Waals surface area contributed by atoms with E-state index in [1.165, 1.54) is 18.4 Å². The zero-order valence-electron chi connectivity index (χ0n) is 17.4. The fourth-order valence-corrected chi connectivity index (χ4v) is 3.68. The molecular weight excluding hydrogens is 467 g/mol. The first-order valence-corrected chi connectivity index (χ1v) is 10.1. The van der Waals surface area contributed by atoms with Gasteiger partial charge in [-0.15, -0.1) is 24.0 Å². The second-order valence-electron chi connectivity index (χ2n) is 7.91. The predicted molar refractivity (Wildman–Crippen MR) is 126 cm³/mol. The fraction of sp³-hybridized carbons (Fsp3) is 0.700. The number of nitrogens with zero attached hydrogens (tertiary/aromatic N) is 4. The number of morpholine rings is 1. The van der Waals surface area contributed by atoms with Crippen molar-refractivity contribution in [3.05, 3.63) is 23.9 Å². The van der Waals surface area contributed by atoms with Gasteiger partial charge in [-0.2, -0.15) is 0 Å². The van der Waals surface area contributed by atoms with Crippen LogP contribution in [0.3, 0.4) is 0 Å². The van der Waals surface area contributed by atoms with Crippen molar-refractivity contribution in [1.82, 2.24) is 20.5 Å². The summed E-state index contributed by atoms with van der Waals surface area (Å²) in [4.78, 5) is 13.7. The topological polar surface area (TPSA) is 65.0 Å². The Bertz CT molecular complexity index is 627. The van der Waals surface area contributed by atoms with Gasteiger partial charge in [0.2, 0.25) is 0 Å². The van der Waals surface area contributed by atoms with Crippen LogP contribution in [0.25, 0.3) is 0 Å². The number of halogens is 1. The lowest BCUT2D eigenvalue weighted by Crippen LogP contribution is -2.56. The Balaban J connectivity index is 0.00000280. The van der Waals surface area contributed by atoms with Crippen molar-refractivity contribution in [1.29, 1.82) is 0 Å². The van der Waals surface area contributed by atoms with Gasteiger partial charge in [0.15, 0.2) is 5.96 Å². The normalized spacial score (nSPS) is 18.7. The van der Waals surface area contributed by atoms with Gasteiger partial charge in [-0.05, 0) is 44.4 Å². The molecule has 28 heavy (non-hydrogen) atoms. The summed E-state index contributed by atoms with van der Waals surface area (Å²) in [5.41, 5.74) is 1.28. The number of anilines is 1. The van der Waals surface area contributed by atoms with Crippen LogP contribution in [0.1, 0.15) is 32.3 Å². The molecule has 0 aromatic carbocycles. The maximum absolute atomic E-state index is 5.47. The van der Waals surface area contributed by atoms with E-state index in [4.69, 9.17) is 4.74 Å². The van der Waals surface area contributed by atoms with Crippen molar-refractivity contribution in [3.63, 3.8) is 0 Å². The van der Waals surface area contributed by atoms with E-state index in [0.29, 0.717) is 0 Å². The first-order chi connectivity index (χ1) is 13.1. The van der Waals surface area contributed by atoms with Gasteiger partial charge in [-0.3, -0.25) is 9.89 Å². The Labute approximate surface area is 186 Å². The number of rotatable bonds is 6. The van der Waals surface area contributed by atoms with E-state index in [2.05, 4.69) is 56.4 Å². The first-order valence-electron chi connectivity index (χ1n) is 10.1. The molecule has 158 valence electrons. The zero-order chi connectivity index (χ0) is 19.1. The summed E-state index contributed by atoms with van der Waals surface area (Å²) in [5.74, 6) is 1.92. The van der Waals surface area contributed by atoms with Crippen LogP contribution in [0.4, 0.5) is 5.82 Å². The molecule has 3 heterocycles. The Morgan fingerprint density at radius 1 is 1.18 bits per heavy atom. The highest BCUT2D eigenvalue weighted by molar-refractivity contribution is 14.0. The SMILES string of the molecule is CN=C(NCc1ccnc(N2CCCC2)c1)NCC(C)(C)N1CCOCC1.I. The molecule has 0 spiro atoms. The van der Waals surface area contributed by atoms with E-state index in [0.717, 1.165) is 64.3 Å². The molecule has 0 atom stereocenters. The van der Waals surface area contributed by atoms with E-state index in [1.54, 1.807) is 0 Å². The molecule has 1 aromatic rings. The van der Waals surface area contributed by atoms with Gasteiger partial charge in [0, 0.05) is 58.1 Å². The Morgan fingerprint density at radius 2 is 1.89 bits per heavy atom. The Morgan fingerprint density at radius 3 is 2.57 bits per heavy atom. The molecule has 2 N–H and O–H groups in total. The van der Waals surface area contributed by atoms with Crippen molar-refractivity contribution in [2.45, 2.75) is 38.8 Å². The molecule has 0 saturated carbocycles. The summed E-state index contributed by atoms with van der Waals surface area (Å²) < 4.78 is 5.47. The minimum absolute atomic E-state index is 0. The van der Waals surface area contributed by atoms with Crippen molar-refractivity contribution in [3.8, 4) is 0 Å². The number of hydrogen-bond acceptors (Lipinski definition) is 5. The van der Waals surface area contributed by atoms with E-state index in [9.17, 15) is 0 Å². The maximum atomic E-state index is 5.47. The zero-order valence-corrected chi connectivity index (χ0v) is 19.7. The van der Waals surface area contributed by atoms with Crippen LogP contribution in [0.2, 0.25) is 0 Å². The number of guanidine groups is 1. The number of pyridine rings is 1. The van der Waals surface area contributed by atoms with Crippen LogP contribution in [-0.2, 0) is 11.3 Å². The molecule has 2 fully saturated rings. The molecule has 0 unspecified atom stereocenters. The van der Waals surface area contributed by atoms with Crippen LogP contribution in [-0.4, -0.2) is 74.4 Å². The van der Waals surface area contributed by atoms with Gasteiger partial charge in [0.05, 0.1) is 13.2 Å². The quantitative estimate of drug-likeness (QED) is 0.353. The standard InChI is InChI=1S/C20H34N6O.HI/c1-20(2,26-10-12-27-13-11-26)16-24-19(21-3)23-15-17-6-7-22-18(14-17)25-8-4-5-9-25;/h6-7,14H,4-5,8-13,15-16H2,1-3H3,(H2,21,23,24);1H. The van der Waals surface area contributed by atoms with E-state index < -0.39 is 0 Å². The second-order valence-corrected chi connectivity index (χ2v) is 7.91.